The lowest BCUT2D eigenvalue weighted by molar-refractivity contribution is 0.0964. The molecule has 2 aromatic rings. The Hall–Kier alpha value is -2.08. The largest absolute Gasteiger partial charge is 0.497 e. The highest BCUT2D eigenvalue weighted by molar-refractivity contribution is 7.14. The number of aryl methyl sites for hydroxylation is 1. The van der Waals surface area contributed by atoms with E-state index in [0.29, 0.717) is 22.9 Å². The summed E-state index contributed by atoms with van der Waals surface area (Å²) in [4.78, 5) is 20.4. The maximum atomic E-state index is 13.3. The van der Waals surface area contributed by atoms with Gasteiger partial charge in [-0.1, -0.05) is 20.8 Å². The molecule has 1 unspecified atom stereocenters. The molecular weight excluding hydrogens is 336 g/mol. The average molecular weight is 360 g/mol. The van der Waals surface area contributed by atoms with E-state index >= 15 is 0 Å². The van der Waals surface area contributed by atoms with Crippen molar-refractivity contribution in [3.05, 3.63) is 33.8 Å². The Kier molecular flexibility index (Phi) is 4.49. The average Bonchev–Trinajstić information content (AvgIpc) is 2.95. The molecule has 0 saturated heterocycles. The van der Waals surface area contributed by atoms with Crippen LogP contribution in [-0.2, 0) is 5.41 Å². The number of hydrogen-bond acceptors (Lipinski definition) is 5. The minimum absolute atomic E-state index is 0.0323. The first kappa shape index (κ1) is 17.7. The van der Waals surface area contributed by atoms with Crippen LogP contribution >= 0.6 is 11.3 Å². The van der Waals surface area contributed by atoms with Crippen LogP contribution in [-0.4, -0.2) is 30.6 Å². The molecule has 1 aliphatic heterocycles. The van der Waals surface area contributed by atoms with Gasteiger partial charge in [-0.2, -0.15) is 0 Å². The SMILES string of the molecule is COc1ccc2c(c1)N(C(=O)c1sc(C(C)(C)C)nc1C)CC(C)O2. The van der Waals surface area contributed by atoms with Crippen LogP contribution in [0.15, 0.2) is 18.2 Å². The summed E-state index contributed by atoms with van der Waals surface area (Å²) < 4.78 is 11.2. The predicted octanol–water partition coefficient (Wildman–Crippen LogP) is 4.19. The molecule has 134 valence electrons. The number of rotatable bonds is 2. The van der Waals surface area contributed by atoms with Gasteiger partial charge < -0.3 is 14.4 Å². The molecule has 0 fully saturated rings. The summed E-state index contributed by atoms with van der Waals surface area (Å²) in [5.74, 6) is 1.37. The second-order valence-electron chi connectivity index (χ2n) is 7.36. The Morgan fingerprint density at radius 3 is 2.72 bits per heavy atom. The molecule has 0 N–H and O–H groups in total. The molecule has 0 aliphatic carbocycles. The Labute approximate surface area is 152 Å². The Balaban J connectivity index is 2.02. The molecule has 25 heavy (non-hydrogen) atoms. The lowest BCUT2D eigenvalue weighted by atomic mass is 9.98. The summed E-state index contributed by atoms with van der Waals surface area (Å²) in [5, 5.41) is 0.973. The van der Waals surface area contributed by atoms with Gasteiger partial charge in [-0.15, -0.1) is 11.3 Å². The molecule has 1 aromatic carbocycles. The van der Waals surface area contributed by atoms with E-state index in [1.54, 1.807) is 12.0 Å². The number of carbonyl (C=O) groups excluding carboxylic acids is 1. The fraction of sp³-hybridized carbons (Fsp3) is 0.474. The first-order valence-corrected chi connectivity index (χ1v) is 9.17. The van der Waals surface area contributed by atoms with Crippen molar-refractivity contribution in [1.29, 1.82) is 0 Å². The number of methoxy groups -OCH3 is 1. The van der Waals surface area contributed by atoms with Gasteiger partial charge in [-0.3, -0.25) is 4.79 Å². The van der Waals surface area contributed by atoms with Crippen LogP contribution in [0.5, 0.6) is 11.5 Å². The molecule has 1 amide bonds. The van der Waals surface area contributed by atoms with E-state index in [0.717, 1.165) is 16.4 Å². The molecular formula is C19H24N2O3S. The van der Waals surface area contributed by atoms with Crippen molar-refractivity contribution in [3.8, 4) is 11.5 Å². The first-order valence-electron chi connectivity index (χ1n) is 8.35. The Morgan fingerprint density at radius 1 is 1.40 bits per heavy atom. The van der Waals surface area contributed by atoms with Crippen molar-refractivity contribution in [2.45, 2.75) is 46.1 Å². The number of amides is 1. The molecule has 5 nitrogen and oxygen atoms in total. The van der Waals surface area contributed by atoms with Crippen LogP contribution in [0.25, 0.3) is 0 Å². The Morgan fingerprint density at radius 2 is 2.12 bits per heavy atom. The van der Waals surface area contributed by atoms with E-state index in [9.17, 15) is 4.79 Å². The molecule has 0 saturated carbocycles. The van der Waals surface area contributed by atoms with Gasteiger partial charge in [0.1, 0.15) is 22.5 Å². The van der Waals surface area contributed by atoms with Crippen molar-refractivity contribution in [3.63, 3.8) is 0 Å². The van der Waals surface area contributed by atoms with Gasteiger partial charge in [0.05, 0.1) is 30.0 Å². The summed E-state index contributed by atoms with van der Waals surface area (Å²) in [6, 6.07) is 5.54. The third-order valence-electron chi connectivity index (χ3n) is 4.10. The minimum atomic E-state index is -0.0760. The zero-order valence-corrected chi connectivity index (χ0v) is 16.4. The molecule has 3 rings (SSSR count). The number of carbonyl (C=O) groups is 1. The smallest absolute Gasteiger partial charge is 0.270 e. The summed E-state index contributed by atoms with van der Waals surface area (Å²) >= 11 is 1.48. The monoisotopic (exact) mass is 360 g/mol. The number of benzene rings is 1. The third kappa shape index (κ3) is 3.35. The van der Waals surface area contributed by atoms with Crippen molar-refractivity contribution >= 4 is 22.9 Å². The number of thiazole rings is 1. The fourth-order valence-corrected chi connectivity index (χ4v) is 3.85. The topological polar surface area (TPSA) is 51.7 Å². The van der Waals surface area contributed by atoms with E-state index < -0.39 is 0 Å². The van der Waals surface area contributed by atoms with E-state index in [4.69, 9.17) is 9.47 Å². The normalized spacial score (nSPS) is 17.0. The highest BCUT2D eigenvalue weighted by Gasteiger charge is 2.32. The van der Waals surface area contributed by atoms with Gasteiger partial charge in [0.2, 0.25) is 0 Å². The van der Waals surface area contributed by atoms with Crippen molar-refractivity contribution < 1.29 is 14.3 Å². The van der Waals surface area contributed by atoms with Gasteiger partial charge in [0, 0.05) is 11.5 Å². The second-order valence-corrected chi connectivity index (χ2v) is 8.36. The third-order valence-corrected chi connectivity index (χ3v) is 5.67. The molecule has 0 bridgehead atoms. The van der Waals surface area contributed by atoms with Gasteiger partial charge in [0.15, 0.2) is 0 Å². The molecule has 1 atom stereocenters. The first-order chi connectivity index (χ1) is 11.7. The highest BCUT2D eigenvalue weighted by Crippen LogP contribution is 2.38. The van der Waals surface area contributed by atoms with Crippen molar-refractivity contribution in [2.75, 3.05) is 18.6 Å². The van der Waals surface area contributed by atoms with Crippen LogP contribution in [0.4, 0.5) is 5.69 Å². The molecule has 0 radical (unpaired) electrons. The summed E-state index contributed by atoms with van der Waals surface area (Å²) in [6.07, 6.45) is -0.0693. The zero-order chi connectivity index (χ0) is 18.4. The number of ether oxygens (including phenoxy) is 2. The molecule has 1 aromatic heterocycles. The molecule has 6 heteroatoms. The summed E-state index contributed by atoms with van der Waals surface area (Å²) in [7, 11) is 1.61. The number of fused-ring (bicyclic) bond motifs is 1. The zero-order valence-electron chi connectivity index (χ0n) is 15.5. The number of anilines is 1. The second kappa shape index (κ2) is 6.33. The van der Waals surface area contributed by atoms with Crippen LogP contribution in [0.1, 0.15) is 48.1 Å². The van der Waals surface area contributed by atoms with Crippen LogP contribution in [0.2, 0.25) is 0 Å². The standard InChI is InChI=1S/C19H24N2O3S/c1-11-10-21(14-9-13(23-6)7-8-15(14)24-11)17(22)16-12(2)20-18(25-16)19(3,4)5/h7-9,11H,10H2,1-6H3. The van der Waals surface area contributed by atoms with Crippen molar-refractivity contribution in [2.24, 2.45) is 0 Å². The van der Waals surface area contributed by atoms with E-state index in [1.165, 1.54) is 11.3 Å². The number of hydrogen-bond donors (Lipinski definition) is 0. The maximum Gasteiger partial charge on any atom is 0.270 e. The fourth-order valence-electron chi connectivity index (χ4n) is 2.77. The van der Waals surface area contributed by atoms with E-state index in [1.807, 2.05) is 32.0 Å². The predicted molar refractivity (Wildman–Crippen MR) is 100 cm³/mol. The van der Waals surface area contributed by atoms with Gasteiger partial charge in [-0.25, -0.2) is 4.98 Å². The molecule has 0 spiro atoms. The lowest BCUT2D eigenvalue weighted by Crippen LogP contribution is -2.42. The van der Waals surface area contributed by atoms with Gasteiger partial charge in [-0.05, 0) is 26.0 Å². The van der Waals surface area contributed by atoms with Crippen LogP contribution in [0, 0.1) is 6.92 Å². The molecule has 2 heterocycles. The van der Waals surface area contributed by atoms with Gasteiger partial charge >= 0.3 is 0 Å². The van der Waals surface area contributed by atoms with E-state index in [2.05, 4.69) is 25.8 Å². The Bertz CT molecular complexity index is 807. The van der Waals surface area contributed by atoms with Crippen molar-refractivity contribution in [1.82, 2.24) is 4.98 Å². The van der Waals surface area contributed by atoms with Gasteiger partial charge in [0.25, 0.3) is 5.91 Å². The van der Waals surface area contributed by atoms with E-state index in [-0.39, 0.29) is 17.4 Å². The summed E-state index contributed by atoms with van der Waals surface area (Å²) in [6.45, 7) is 10.7. The number of aromatic nitrogens is 1. The molecule has 1 aliphatic rings. The quantitative estimate of drug-likeness (QED) is 0.806. The highest BCUT2D eigenvalue weighted by atomic mass is 32.1. The summed E-state index contributed by atoms with van der Waals surface area (Å²) in [5.41, 5.74) is 1.45. The van der Waals surface area contributed by atoms with Crippen LogP contribution < -0.4 is 14.4 Å². The lowest BCUT2D eigenvalue weighted by Gasteiger charge is -2.33. The number of nitrogens with zero attached hydrogens (tertiary/aromatic N) is 2. The van der Waals surface area contributed by atoms with Crippen LogP contribution in [0.3, 0.4) is 0 Å². The maximum absolute atomic E-state index is 13.3. The minimum Gasteiger partial charge on any atom is -0.497 e.